The Hall–Kier alpha value is -2.06. The summed E-state index contributed by atoms with van der Waals surface area (Å²) < 4.78 is 0. The van der Waals surface area contributed by atoms with Crippen LogP contribution in [0.25, 0.3) is 22.2 Å². The minimum atomic E-state index is 0.210. The molecule has 0 aliphatic heterocycles. The van der Waals surface area contributed by atoms with Crippen molar-refractivity contribution in [3.63, 3.8) is 0 Å². The van der Waals surface area contributed by atoms with Gasteiger partial charge in [-0.2, -0.15) is 0 Å². The van der Waals surface area contributed by atoms with Crippen molar-refractivity contribution in [3.05, 3.63) is 59.1 Å². The summed E-state index contributed by atoms with van der Waals surface area (Å²) in [5.41, 5.74) is 4.47. The molecule has 0 fully saturated rings. The van der Waals surface area contributed by atoms with Crippen molar-refractivity contribution in [1.29, 1.82) is 0 Å². The SMILES string of the molecule is CC(=O)CCc1c(-c2ccc(Cl)cc2)[nH]c2ccccc12. The first-order valence-corrected chi connectivity index (χ1v) is 7.38. The number of Topliss-reactive ketones (excluding diaryl/α,β-unsaturated/α-hetero) is 1. The van der Waals surface area contributed by atoms with Crippen LogP contribution in [0.2, 0.25) is 5.02 Å². The topological polar surface area (TPSA) is 32.9 Å². The van der Waals surface area contributed by atoms with E-state index in [9.17, 15) is 4.79 Å². The Balaban J connectivity index is 2.13. The minimum absolute atomic E-state index is 0.210. The zero-order chi connectivity index (χ0) is 14.8. The predicted octanol–water partition coefficient (Wildman–Crippen LogP) is 5.01. The average molecular weight is 298 g/mol. The number of ketones is 1. The first-order chi connectivity index (χ1) is 10.1. The molecule has 3 rings (SSSR count). The molecule has 2 aromatic carbocycles. The van der Waals surface area contributed by atoms with Crippen LogP contribution >= 0.6 is 11.6 Å². The fourth-order valence-corrected chi connectivity index (χ4v) is 2.75. The first-order valence-electron chi connectivity index (χ1n) is 7.00. The van der Waals surface area contributed by atoms with Gasteiger partial charge in [0.2, 0.25) is 0 Å². The lowest BCUT2D eigenvalue weighted by Gasteiger charge is -2.04. The molecule has 0 amide bonds. The van der Waals surface area contributed by atoms with Gasteiger partial charge >= 0.3 is 0 Å². The second-order valence-electron chi connectivity index (χ2n) is 5.23. The van der Waals surface area contributed by atoms with Crippen molar-refractivity contribution in [2.75, 3.05) is 0 Å². The van der Waals surface area contributed by atoms with Crippen molar-refractivity contribution in [1.82, 2.24) is 4.98 Å². The molecule has 0 aliphatic rings. The van der Waals surface area contributed by atoms with E-state index in [-0.39, 0.29) is 5.78 Å². The van der Waals surface area contributed by atoms with Gasteiger partial charge in [-0.25, -0.2) is 0 Å². The number of hydrogen-bond acceptors (Lipinski definition) is 1. The zero-order valence-electron chi connectivity index (χ0n) is 11.8. The number of para-hydroxylation sites is 1. The molecule has 0 saturated carbocycles. The molecule has 1 N–H and O–H groups in total. The van der Waals surface area contributed by atoms with Crippen LogP contribution in [-0.2, 0) is 11.2 Å². The van der Waals surface area contributed by atoms with Gasteiger partial charge in [-0.3, -0.25) is 0 Å². The molecule has 0 aliphatic carbocycles. The number of fused-ring (bicyclic) bond motifs is 1. The van der Waals surface area contributed by atoms with Crippen molar-refractivity contribution >= 4 is 28.3 Å². The lowest BCUT2D eigenvalue weighted by molar-refractivity contribution is -0.116. The number of benzene rings is 2. The molecule has 0 spiro atoms. The Labute approximate surface area is 128 Å². The van der Waals surface area contributed by atoms with E-state index in [2.05, 4.69) is 17.1 Å². The second kappa shape index (κ2) is 5.74. The lowest BCUT2D eigenvalue weighted by atomic mass is 10.0. The van der Waals surface area contributed by atoms with E-state index in [1.807, 2.05) is 36.4 Å². The van der Waals surface area contributed by atoms with Gasteiger partial charge < -0.3 is 9.78 Å². The van der Waals surface area contributed by atoms with Crippen molar-refractivity contribution in [2.24, 2.45) is 0 Å². The van der Waals surface area contributed by atoms with Gasteiger partial charge in [0.1, 0.15) is 5.78 Å². The molecular weight excluding hydrogens is 282 g/mol. The third-order valence-corrected chi connectivity index (χ3v) is 3.93. The van der Waals surface area contributed by atoms with Crippen LogP contribution in [0.3, 0.4) is 0 Å². The van der Waals surface area contributed by atoms with Crippen molar-refractivity contribution < 1.29 is 4.79 Å². The van der Waals surface area contributed by atoms with Crippen molar-refractivity contribution in [2.45, 2.75) is 19.8 Å². The van der Waals surface area contributed by atoms with Crippen LogP contribution in [0.4, 0.5) is 0 Å². The van der Waals surface area contributed by atoms with Crippen molar-refractivity contribution in [3.8, 4) is 11.3 Å². The Morgan fingerprint density at radius 2 is 1.81 bits per heavy atom. The number of aryl methyl sites for hydroxylation is 1. The number of rotatable bonds is 4. The number of carbonyl (C=O) groups is 1. The second-order valence-corrected chi connectivity index (χ2v) is 5.67. The van der Waals surface area contributed by atoms with Gasteiger partial charge in [-0.1, -0.05) is 41.9 Å². The van der Waals surface area contributed by atoms with Crippen LogP contribution in [0.1, 0.15) is 18.9 Å². The van der Waals surface area contributed by atoms with Gasteiger partial charge in [0.05, 0.1) is 0 Å². The highest BCUT2D eigenvalue weighted by Gasteiger charge is 2.13. The number of carbonyl (C=O) groups excluding carboxylic acids is 1. The van der Waals surface area contributed by atoms with Crippen LogP contribution in [-0.4, -0.2) is 10.8 Å². The summed E-state index contributed by atoms with van der Waals surface area (Å²) in [5.74, 6) is 0.210. The monoisotopic (exact) mass is 297 g/mol. The number of aromatic amines is 1. The largest absolute Gasteiger partial charge is 0.354 e. The molecule has 106 valence electrons. The highest BCUT2D eigenvalue weighted by molar-refractivity contribution is 6.30. The molecule has 0 atom stereocenters. The number of aromatic nitrogens is 1. The Kier molecular flexibility index (Phi) is 3.80. The third-order valence-electron chi connectivity index (χ3n) is 3.67. The Bertz CT molecular complexity index is 787. The predicted molar refractivity (Wildman–Crippen MR) is 87.7 cm³/mol. The van der Waals surface area contributed by atoms with Gasteiger partial charge in [0.25, 0.3) is 0 Å². The fourth-order valence-electron chi connectivity index (χ4n) is 2.62. The lowest BCUT2D eigenvalue weighted by Crippen LogP contribution is -1.95. The molecule has 0 radical (unpaired) electrons. The maximum absolute atomic E-state index is 11.3. The molecule has 0 unspecified atom stereocenters. The van der Waals surface area contributed by atoms with E-state index in [4.69, 9.17) is 11.6 Å². The van der Waals surface area contributed by atoms with Crippen LogP contribution in [0.15, 0.2) is 48.5 Å². The first kappa shape index (κ1) is 13.9. The molecule has 0 saturated heterocycles. The quantitative estimate of drug-likeness (QED) is 0.721. The molecular formula is C18H16ClNO. The van der Waals surface area contributed by atoms with E-state index in [1.165, 1.54) is 10.9 Å². The maximum atomic E-state index is 11.3. The normalized spacial score (nSPS) is 11.0. The summed E-state index contributed by atoms with van der Waals surface area (Å²) in [6.45, 7) is 1.64. The molecule has 3 aromatic rings. The highest BCUT2D eigenvalue weighted by atomic mass is 35.5. The minimum Gasteiger partial charge on any atom is -0.354 e. The van der Waals surface area contributed by atoms with Crippen LogP contribution in [0.5, 0.6) is 0 Å². The average Bonchev–Trinajstić information content (AvgIpc) is 2.84. The van der Waals surface area contributed by atoms with Gasteiger partial charge in [-0.05, 0) is 42.7 Å². The third kappa shape index (κ3) is 2.86. The number of H-pyrrole nitrogens is 1. The molecule has 1 heterocycles. The number of hydrogen-bond donors (Lipinski definition) is 1. The summed E-state index contributed by atoms with van der Waals surface area (Å²) in [6.07, 6.45) is 1.31. The van der Waals surface area contributed by atoms with Crippen LogP contribution in [0, 0.1) is 0 Å². The summed E-state index contributed by atoms with van der Waals surface area (Å²) in [5, 5.41) is 1.91. The summed E-state index contributed by atoms with van der Waals surface area (Å²) in [6, 6.07) is 16.0. The highest BCUT2D eigenvalue weighted by Crippen LogP contribution is 2.31. The molecule has 21 heavy (non-hydrogen) atoms. The molecule has 1 aromatic heterocycles. The molecule has 2 nitrogen and oxygen atoms in total. The van der Waals surface area contributed by atoms with Crippen LogP contribution < -0.4 is 0 Å². The van der Waals surface area contributed by atoms with E-state index >= 15 is 0 Å². The van der Waals surface area contributed by atoms with E-state index < -0.39 is 0 Å². The standard InChI is InChI=1S/C18H16ClNO/c1-12(21)6-11-16-15-4-2-3-5-17(15)20-18(16)13-7-9-14(19)10-8-13/h2-5,7-10,20H,6,11H2,1H3. The summed E-state index contributed by atoms with van der Waals surface area (Å²) in [7, 11) is 0. The van der Waals surface area contributed by atoms with Gasteiger partial charge in [0, 0.05) is 28.0 Å². The molecule has 3 heteroatoms. The number of halogens is 1. The maximum Gasteiger partial charge on any atom is 0.130 e. The number of nitrogens with one attached hydrogen (secondary N) is 1. The smallest absolute Gasteiger partial charge is 0.130 e. The van der Waals surface area contributed by atoms with E-state index in [0.717, 1.165) is 28.2 Å². The van der Waals surface area contributed by atoms with E-state index in [0.29, 0.717) is 6.42 Å². The summed E-state index contributed by atoms with van der Waals surface area (Å²) in [4.78, 5) is 14.8. The molecule has 0 bridgehead atoms. The Morgan fingerprint density at radius 1 is 1.10 bits per heavy atom. The fraction of sp³-hybridized carbons (Fsp3) is 0.167. The van der Waals surface area contributed by atoms with Gasteiger partial charge in [-0.15, -0.1) is 0 Å². The zero-order valence-corrected chi connectivity index (χ0v) is 12.6. The van der Waals surface area contributed by atoms with E-state index in [1.54, 1.807) is 6.92 Å². The van der Waals surface area contributed by atoms with Gasteiger partial charge in [0.15, 0.2) is 0 Å². The Morgan fingerprint density at radius 3 is 2.52 bits per heavy atom. The summed E-state index contributed by atoms with van der Waals surface area (Å²) >= 11 is 5.97.